The fourth-order valence-electron chi connectivity index (χ4n) is 1.90. The first kappa shape index (κ1) is 13.5. The summed E-state index contributed by atoms with van der Waals surface area (Å²) < 4.78 is 5.87. The lowest BCUT2D eigenvalue weighted by Crippen LogP contribution is -1.93. The van der Waals surface area contributed by atoms with E-state index in [2.05, 4.69) is 12.1 Å². The summed E-state index contributed by atoms with van der Waals surface area (Å²) in [5, 5.41) is 9.64. The van der Waals surface area contributed by atoms with Gasteiger partial charge < -0.3 is 4.74 Å². The summed E-state index contributed by atoms with van der Waals surface area (Å²) in [6.07, 6.45) is 0. The predicted molar refractivity (Wildman–Crippen MR) is 76.9 cm³/mol. The molecular formula is C16H14ClNO. The predicted octanol–water partition coefficient (Wildman–Crippen LogP) is 4.93. The zero-order chi connectivity index (χ0) is 14.0. The first-order chi connectivity index (χ1) is 9.01. The fraction of sp³-hybridized carbons (Fsp3) is 0.188. The van der Waals surface area contributed by atoms with Crippen LogP contribution in [0.1, 0.15) is 22.3 Å². The lowest BCUT2D eigenvalue weighted by Gasteiger charge is -2.13. The minimum atomic E-state index is 0.475. The molecule has 0 fully saturated rings. The molecule has 0 saturated heterocycles. The average molecular weight is 272 g/mol. The van der Waals surface area contributed by atoms with Crippen LogP contribution >= 0.6 is 11.6 Å². The summed E-state index contributed by atoms with van der Waals surface area (Å²) in [7, 11) is 0. The molecule has 0 aliphatic rings. The van der Waals surface area contributed by atoms with Crippen molar-refractivity contribution < 1.29 is 4.74 Å². The van der Waals surface area contributed by atoms with Gasteiger partial charge in [0.2, 0.25) is 0 Å². The SMILES string of the molecule is Cc1cc(C)c(C)c(Oc2cc(Cl)ccc2C#N)c1. The van der Waals surface area contributed by atoms with E-state index < -0.39 is 0 Å². The molecule has 0 aromatic heterocycles. The zero-order valence-electron chi connectivity index (χ0n) is 11.1. The van der Waals surface area contributed by atoms with Gasteiger partial charge in [-0.1, -0.05) is 17.7 Å². The second-order valence-electron chi connectivity index (χ2n) is 4.56. The van der Waals surface area contributed by atoms with Gasteiger partial charge in [-0.25, -0.2) is 0 Å². The summed E-state index contributed by atoms with van der Waals surface area (Å²) in [4.78, 5) is 0. The van der Waals surface area contributed by atoms with Crippen LogP contribution in [0.5, 0.6) is 11.5 Å². The number of halogens is 1. The van der Waals surface area contributed by atoms with Gasteiger partial charge in [-0.15, -0.1) is 0 Å². The van der Waals surface area contributed by atoms with Gasteiger partial charge in [0.1, 0.15) is 17.6 Å². The van der Waals surface area contributed by atoms with Crippen molar-refractivity contribution in [1.29, 1.82) is 5.26 Å². The molecule has 0 atom stereocenters. The van der Waals surface area contributed by atoms with Crippen LogP contribution in [0.25, 0.3) is 0 Å². The van der Waals surface area contributed by atoms with E-state index in [1.165, 1.54) is 0 Å². The number of ether oxygens (including phenoxy) is 1. The van der Waals surface area contributed by atoms with Crippen LogP contribution in [0.3, 0.4) is 0 Å². The Hall–Kier alpha value is -1.98. The highest BCUT2D eigenvalue weighted by atomic mass is 35.5. The highest BCUT2D eigenvalue weighted by Gasteiger charge is 2.09. The second-order valence-corrected chi connectivity index (χ2v) is 5.00. The van der Waals surface area contributed by atoms with Crippen molar-refractivity contribution >= 4 is 11.6 Å². The van der Waals surface area contributed by atoms with Crippen molar-refractivity contribution in [2.75, 3.05) is 0 Å². The third-order valence-electron chi connectivity index (χ3n) is 3.05. The van der Waals surface area contributed by atoms with E-state index >= 15 is 0 Å². The molecule has 0 amide bonds. The second kappa shape index (κ2) is 5.34. The molecule has 0 spiro atoms. The zero-order valence-corrected chi connectivity index (χ0v) is 11.9. The number of aryl methyl sites for hydroxylation is 2. The molecule has 0 bridgehead atoms. The van der Waals surface area contributed by atoms with E-state index in [1.54, 1.807) is 18.2 Å². The minimum absolute atomic E-state index is 0.475. The van der Waals surface area contributed by atoms with Gasteiger partial charge in [0.15, 0.2) is 0 Å². The van der Waals surface area contributed by atoms with Crippen LogP contribution in [0.2, 0.25) is 5.02 Å². The topological polar surface area (TPSA) is 33.0 Å². The van der Waals surface area contributed by atoms with Crippen LogP contribution in [-0.4, -0.2) is 0 Å². The molecule has 0 aliphatic heterocycles. The summed E-state index contributed by atoms with van der Waals surface area (Å²) >= 11 is 5.95. The molecular weight excluding hydrogens is 258 g/mol. The molecule has 2 nitrogen and oxygen atoms in total. The smallest absolute Gasteiger partial charge is 0.146 e. The lowest BCUT2D eigenvalue weighted by atomic mass is 10.1. The molecule has 2 rings (SSSR count). The normalized spacial score (nSPS) is 10.1. The average Bonchev–Trinajstić information content (AvgIpc) is 2.35. The Balaban J connectivity index is 2.47. The summed E-state index contributed by atoms with van der Waals surface area (Å²) in [5.74, 6) is 1.25. The highest BCUT2D eigenvalue weighted by Crippen LogP contribution is 2.31. The Morgan fingerprint density at radius 1 is 1.05 bits per heavy atom. The van der Waals surface area contributed by atoms with Crippen molar-refractivity contribution in [2.24, 2.45) is 0 Å². The van der Waals surface area contributed by atoms with E-state index in [-0.39, 0.29) is 0 Å². The Morgan fingerprint density at radius 3 is 2.47 bits per heavy atom. The van der Waals surface area contributed by atoms with Crippen molar-refractivity contribution in [3.05, 3.63) is 57.6 Å². The van der Waals surface area contributed by atoms with Gasteiger partial charge >= 0.3 is 0 Å². The van der Waals surface area contributed by atoms with Crippen LogP contribution in [-0.2, 0) is 0 Å². The van der Waals surface area contributed by atoms with Crippen molar-refractivity contribution in [3.8, 4) is 17.6 Å². The van der Waals surface area contributed by atoms with E-state index in [0.717, 1.165) is 22.4 Å². The molecule has 0 aliphatic carbocycles. The molecule has 0 radical (unpaired) electrons. The van der Waals surface area contributed by atoms with Crippen molar-refractivity contribution in [2.45, 2.75) is 20.8 Å². The Morgan fingerprint density at radius 2 is 1.79 bits per heavy atom. The van der Waals surface area contributed by atoms with Gasteiger partial charge in [-0.3, -0.25) is 0 Å². The van der Waals surface area contributed by atoms with Gasteiger partial charge in [0.25, 0.3) is 0 Å². The molecule has 0 heterocycles. The maximum atomic E-state index is 9.09. The van der Waals surface area contributed by atoms with E-state index in [1.807, 2.05) is 26.8 Å². The monoisotopic (exact) mass is 271 g/mol. The van der Waals surface area contributed by atoms with E-state index in [9.17, 15) is 0 Å². The van der Waals surface area contributed by atoms with Gasteiger partial charge in [-0.05, 0) is 55.7 Å². The fourth-order valence-corrected chi connectivity index (χ4v) is 2.06. The first-order valence-electron chi connectivity index (χ1n) is 5.96. The number of hydrogen-bond donors (Lipinski definition) is 0. The minimum Gasteiger partial charge on any atom is -0.456 e. The Kier molecular flexibility index (Phi) is 3.78. The van der Waals surface area contributed by atoms with E-state index in [4.69, 9.17) is 21.6 Å². The molecule has 2 aromatic rings. The van der Waals surface area contributed by atoms with Gasteiger partial charge in [-0.2, -0.15) is 5.26 Å². The number of benzene rings is 2. The van der Waals surface area contributed by atoms with Crippen LogP contribution in [0.4, 0.5) is 0 Å². The quantitative estimate of drug-likeness (QED) is 0.776. The molecule has 19 heavy (non-hydrogen) atoms. The lowest BCUT2D eigenvalue weighted by molar-refractivity contribution is 0.476. The highest BCUT2D eigenvalue weighted by molar-refractivity contribution is 6.30. The van der Waals surface area contributed by atoms with Crippen LogP contribution in [0, 0.1) is 32.1 Å². The van der Waals surface area contributed by atoms with Crippen molar-refractivity contribution in [1.82, 2.24) is 0 Å². The number of rotatable bonds is 2. The standard InChI is InChI=1S/C16H14ClNO/c1-10-6-11(2)12(3)15(7-10)19-16-8-14(17)5-4-13(16)9-18/h4-8H,1-3H3. The maximum absolute atomic E-state index is 9.09. The summed E-state index contributed by atoms with van der Waals surface area (Å²) in [6.45, 7) is 6.06. The summed E-state index contributed by atoms with van der Waals surface area (Å²) in [5.41, 5.74) is 3.83. The molecule has 0 unspecified atom stereocenters. The molecule has 0 N–H and O–H groups in total. The molecule has 2 aromatic carbocycles. The molecule has 96 valence electrons. The number of nitriles is 1. The Bertz CT molecular complexity index is 671. The van der Waals surface area contributed by atoms with Crippen molar-refractivity contribution in [3.63, 3.8) is 0 Å². The van der Waals surface area contributed by atoms with Crippen LogP contribution in [0.15, 0.2) is 30.3 Å². The Labute approximate surface area is 118 Å². The molecule has 3 heteroatoms. The maximum Gasteiger partial charge on any atom is 0.146 e. The molecule has 0 saturated carbocycles. The third kappa shape index (κ3) is 2.89. The number of hydrogen-bond acceptors (Lipinski definition) is 2. The van der Waals surface area contributed by atoms with Gasteiger partial charge in [0, 0.05) is 11.1 Å². The van der Waals surface area contributed by atoms with Crippen LogP contribution < -0.4 is 4.74 Å². The number of nitrogens with zero attached hydrogens (tertiary/aromatic N) is 1. The first-order valence-corrected chi connectivity index (χ1v) is 6.34. The van der Waals surface area contributed by atoms with E-state index in [0.29, 0.717) is 16.3 Å². The van der Waals surface area contributed by atoms with Gasteiger partial charge in [0.05, 0.1) is 5.56 Å². The largest absolute Gasteiger partial charge is 0.456 e. The summed E-state index contributed by atoms with van der Waals surface area (Å²) in [6, 6.07) is 11.2. The third-order valence-corrected chi connectivity index (χ3v) is 3.28.